The molecule has 4 aromatic carbocycles. The van der Waals surface area contributed by atoms with Gasteiger partial charge in [0.15, 0.2) is 36.3 Å². The Kier molecular flexibility index (Phi) is 26.3. The molecule has 3 saturated heterocycles. The third-order valence-corrected chi connectivity index (χ3v) is 23.7. The summed E-state index contributed by atoms with van der Waals surface area (Å²) in [4.78, 5) is 66.3. The quantitative estimate of drug-likeness (QED) is 0.0171. The van der Waals surface area contributed by atoms with Crippen LogP contribution >= 0.6 is 36.4 Å². The molecule has 516 valence electrons. The average Bonchev–Trinajstić information content (AvgIpc) is 1.60. The summed E-state index contributed by atoms with van der Waals surface area (Å²) in [6, 6.07) is 26.9. The van der Waals surface area contributed by atoms with E-state index in [9.17, 15) is 19.2 Å². The van der Waals surface area contributed by atoms with E-state index in [4.69, 9.17) is 52.2 Å². The fraction of sp³-hybridized carbons (Fsp3) is 0.478. The molecule has 7 aromatic rings. The van der Waals surface area contributed by atoms with Crippen LogP contribution in [0.3, 0.4) is 0 Å². The van der Waals surface area contributed by atoms with Crippen LogP contribution in [0.15, 0.2) is 132 Å². The zero-order valence-corrected chi connectivity index (χ0v) is 57.0. The smallest absolute Gasteiger partial charge is 0.389 e. The van der Waals surface area contributed by atoms with E-state index in [-0.39, 0.29) is 40.0 Å². The van der Waals surface area contributed by atoms with Gasteiger partial charge in [-0.1, -0.05) is 128 Å². The molecule has 23 nitrogen and oxygen atoms in total. The van der Waals surface area contributed by atoms with Gasteiger partial charge in [0.25, 0.3) is 5.56 Å². The molecule has 3 aromatic heterocycles. The number of H-pyrrole nitrogens is 1. The second kappa shape index (κ2) is 35.1. The van der Waals surface area contributed by atoms with Crippen LogP contribution in [0.5, 0.6) is 23.0 Å². The maximum Gasteiger partial charge on any atom is 0.389 e. The van der Waals surface area contributed by atoms with Gasteiger partial charge in [-0.2, -0.15) is 0 Å². The number of carbonyl (C=O) groups excluding carboxylic acids is 2. The van der Waals surface area contributed by atoms with Crippen molar-refractivity contribution in [2.75, 3.05) is 32.2 Å². The van der Waals surface area contributed by atoms with Crippen LogP contribution in [-0.2, 0) is 48.2 Å². The molecule has 0 aliphatic carbocycles. The summed E-state index contributed by atoms with van der Waals surface area (Å²) in [6.45, 7) is -5.48. The van der Waals surface area contributed by atoms with Crippen LogP contribution in [0.1, 0.15) is 161 Å². The third kappa shape index (κ3) is 19.7. The number of carbonyl (C=O) groups is 2. The Morgan fingerprint density at radius 3 is 1.45 bits per heavy atom. The number of ether oxygens (including phenoxy) is 6. The van der Waals surface area contributed by atoms with Crippen LogP contribution in [0.2, 0.25) is 0 Å². The lowest BCUT2D eigenvalue weighted by Crippen LogP contribution is -2.37. The van der Waals surface area contributed by atoms with Crippen LogP contribution < -0.4 is 35.9 Å². The van der Waals surface area contributed by atoms with E-state index in [2.05, 4.69) is 33.8 Å². The molecule has 2 unspecified atom stereocenters. The standard InChI is InChI=1S/C67H81F2N7O16P2S2/c1-3-5-7-9-11-13-15-17-37-83-49-31-23-47(24-32-49)65(78)87-51-27-19-45(20-28-51)41-95-93(81)86-40-54-60(57(69)64(90-54)76-44-73-58-61(70)71-43-72-62(58)76)92-94(82,85-39-53-59(91-93)56(68)63(89-53)75-36-35-55(77)74-67(75)80)96-42-46-21-29-52(30-22-46)88-66(79)48-25-33-50(34-26-48)84-38-18-16-14-12-10-8-6-4-2/h19-36,43-44,53-54,56-57,59-60,63-64H,3-18,37-42H2,1-2H3,(H2,70,71,72)(H,74,77,80)/t53-,54-,56-,57-,59-,60-,63-,64-,93?,94?/m1/s1. The molecule has 3 aliphatic rings. The van der Waals surface area contributed by atoms with Crippen LogP contribution in [0.25, 0.3) is 11.2 Å². The van der Waals surface area contributed by atoms with Crippen molar-refractivity contribution in [1.29, 1.82) is 0 Å². The first kappa shape index (κ1) is 72.0. The molecule has 0 bridgehead atoms. The normalized spacial score (nSPS) is 23.5. The average molecular weight is 1400 g/mol. The van der Waals surface area contributed by atoms with E-state index in [1.165, 1.54) is 112 Å². The Morgan fingerprint density at radius 1 is 0.573 bits per heavy atom. The van der Waals surface area contributed by atoms with Crippen molar-refractivity contribution >= 4 is 65.3 Å². The number of nitrogens with zero attached hydrogens (tertiary/aromatic N) is 5. The molecular weight excluding hydrogens is 1320 g/mol. The molecule has 0 amide bonds. The molecule has 96 heavy (non-hydrogen) atoms. The molecule has 10 rings (SSSR count). The molecule has 3 aliphatic heterocycles. The zero-order valence-electron chi connectivity index (χ0n) is 53.5. The molecule has 10 atom stereocenters. The van der Waals surface area contributed by atoms with Crippen molar-refractivity contribution in [3.63, 3.8) is 0 Å². The maximum absolute atomic E-state index is 17.5. The monoisotopic (exact) mass is 1400 g/mol. The number of unbranched alkanes of at least 4 members (excludes halogenated alkanes) is 14. The SMILES string of the molecule is CCCCCCCCCCOc1ccc(C(=O)Oc2ccc(CSP3(=O)OC[C@H]4O[C@@H](n5cnc6c(N)ncnc65)[C@H](F)[C@@H]4OP(=O)(SCc4ccc(OC(=O)c5ccc(OCCCCCCCCCC)cc5)cc4)OC[C@H]4O[C@@H](n5ccc(=O)[nH]c5=O)[C@H](F)[C@@H]4O3)cc2)cc1. The first-order chi connectivity index (χ1) is 46.6. The Balaban J connectivity index is 0.825. The summed E-state index contributed by atoms with van der Waals surface area (Å²) >= 11 is 1.26. The van der Waals surface area contributed by atoms with Crippen LogP contribution in [-0.4, -0.2) is 104 Å². The number of halogens is 2. The number of esters is 2. The number of nitrogens with two attached hydrogens (primary N) is 1. The van der Waals surface area contributed by atoms with Crippen molar-refractivity contribution in [2.24, 2.45) is 0 Å². The number of benzene rings is 4. The first-order valence-electron chi connectivity index (χ1n) is 32.6. The van der Waals surface area contributed by atoms with Crippen molar-refractivity contribution in [3.05, 3.63) is 165 Å². The van der Waals surface area contributed by atoms with Gasteiger partial charge in [-0.05, 0) is 120 Å². The lowest BCUT2D eigenvalue weighted by molar-refractivity contribution is -0.0559. The number of aromatic nitrogens is 6. The molecule has 3 N–H and O–H groups in total. The van der Waals surface area contributed by atoms with Gasteiger partial charge in [0.05, 0.1) is 43.9 Å². The highest BCUT2D eigenvalue weighted by Gasteiger charge is 2.55. The minimum absolute atomic E-state index is 0.00748. The van der Waals surface area contributed by atoms with Crippen LogP contribution in [0.4, 0.5) is 14.6 Å². The second-order valence-electron chi connectivity index (χ2n) is 23.6. The number of nitrogens with one attached hydrogen (secondary N) is 1. The lowest BCUT2D eigenvalue weighted by atomic mass is 10.1. The highest BCUT2D eigenvalue weighted by Crippen LogP contribution is 2.67. The van der Waals surface area contributed by atoms with Crippen LogP contribution in [0, 0.1) is 0 Å². The fourth-order valence-electron chi connectivity index (χ4n) is 11.0. The van der Waals surface area contributed by atoms with Gasteiger partial charge in [-0.3, -0.25) is 37.0 Å². The Bertz CT molecular complexity index is 3880. The van der Waals surface area contributed by atoms with E-state index in [1.807, 2.05) is 0 Å². The third-order valence-electron chi connectivity index (χ3n) is 16.4. The topological polar surface area (TPSA) is 285 Å². The highest BCUT2D eigenvalue weighted by molar-refractivity contribution is 8.55. The van der Waals surface area contributed by atoms with Crippen molar-refractivity contribution in [3.8, 4) is 23.0 Å². The van der Waals surface area contributed by atoms with E-state index < -0.39 is 99.2 Å². The molecule has 0 radical (unpaired) electrons. The van der Waals surface area contributed by atoms with Crippen molar-refractivity contribution < 1.29 is 74.0 Å². The number of rotatable bonds is 32. The summed E-state index contributed by atoms with van der Waals surface area (Å²) < 4.78 is 128. The summed E-state index contributed by atoms with van der Waals surface area (Å²) in [5, 5.41) is 0. The lowest BCUT2D eigenvalue weighted by Gasteiger charge is -2.30. The summed E-state index contributed by atoms with van der Waals surface area (Å²) in [5.74, 6) is 0.190. The Hall–Kier alpha value is -6.77. The largest absolute Gasteiger partial charge is 0.494 e. The van der Waals surface area contributed by atoms with Crippen molar-refractivity contribution in [1.82, 2.24) is 29.1 Å². The number of nitrogen functional groups attached to an aromatic ring is 1. The summed E-state index contributed by atoms with van der Waals surface area (Å²) in [5.41, 5.74) is 6.09. The fourth-order valence-corrected chi connectivity index (χ4v) is 17.8. The van der Waals surface area contributed by atoms with E-state index in [0.717, 1.165) is 48.8 Å². The Morgan fingerprint density at radius 2 is 1.00 bits per heavy atom. The van der Waals surface area contributed by atoms with E-state index >= 15 is 17.9 Å². The van der Waals surface area contributed by atoms with Gasteiger partial charge in [0.2, 0.25) is 0 Å². The second-order valence-corrected chi connectivity index (χ2v) is 31.6. The minimum Gasteiger partial charge on any atom is -0.494 e. The molecule has 0 saturated carbocycles. The summed E-state index contributed by atoms with van der Waals surface area (Å²) in [7, 11) is 0. The van der Waals surface area contributed by atoms with E-state index in [0.29, 0.717) is 69.7 Å². The van der Waals surface area contributed by atoms with E-state index in [1.54, 1.807) is 72.8 Å². The highest BCUT2D eigenvalue weighted by atomic mass is 32.7. The predicted octanol–water partition coefficient (Wildman–Crippen LogP) is 14.8. The van der Waals surface area contributed by atoms with Gasteiger partial charge < -0.3 is 34.2 Å². The molecule has 6 heterocycles. The number of hydrogen-bond acceptors (Lipinski definition) is 22. The van der Waals surface area contributed by atoms with Crippen molar-refractivity contribution in [2.45, 2.75) is 177 Å². The summed E-state index contributed by atoms with van der Waals surface area (Å²) in [6.07, 6.45) is 7.45. The van der Waals surface area contributed by atoms with Gasteiger partial charge in [-0.25, -0.2) is 47.2 Å². The van der Waals surface area contributed by atoms with Gasteiger partial charge >= 0.3 is 31.2 Å². The number of alkyl halides is 2. The number of fused-ring (bicyclic) bond motifs is 3. The predicted molar refractivity (Wildman–Crippen MR) is 360 cm³/mol. The molecule has 3 fully saturated rings. The molecule has 0 spiro atoms. The number of anilines is 1. The number of imidazole rings is 1. The molecule has 29 heteroatoms. The molecular formula is C67H81F2N7O16P2S2. The Labute approximate surface area is 563 Å². The number of aromatic amines is 1. The van der Waals surface area contributed by atoms with Gasteiger partial charge in [-0.15, -0.1) is 0 Å². The minimum atomic E-state index is -4.72. The maximum atomic E-state index is 17.5. The van der Waals surface area contributed by atoms with Gasteiger partial charge in [0.1, 0.15) is 59.3 Å². The number of hydrogen-bond donors (Lipinski definition) is 2. The zero-order chi connectivity index (χ0) is 67.4. The first-order valence-corrected chi connectivity index (χ1v) is 38.9. The van der Waals surface area contributed by atoms with Gasteiger partial charge in [0, 0.05) is 23.8 Å².